The lowest BCUT2D eigenvalue weighted by molar-refractivity contribution is -0.120. The van der Waals surface area contributed by atoms with Gasteiger partial charge in [-0.2, -0.15) is 0 Å². The van der Waals surface area contributed by atoms with E-state index in [0.29, 0.717) is 23.0 Å². The SMILES string of the molecule is COC(C)C(NC(=O)c1ccn(C)c1)C(=O)Nc1nc(-c2cccc(N3CCO[C@H](C)C3)n2)cs1. The van der Waals surface area contributed by atoms with E-state index in [2.05, 4.69) is 20.5 Å². The molecule has 1 saturated heterocycles. The maximum atomic E-state index is 13.0. The summed E-state index contributed by atoms with van der Waals surface area (Å²) < 4.78 is 12.7. The molecule has 3 aromatic heterocycles. The minimum atomic E-state index is -0.898. The van der Waals surface area contributed by atoms with Crippen LogP contribution in [0.4, 0.5) is 10.9 Å². The summed E-state index contributed by atoms with van der Waals surface area (Å²) in [5.74, 6) is 0.107. The van der Waals surface area contributed by atoms with Crippen LogP contribution in [0.2, 0.25) is 0 Å². The van der Waals surface area contributed by atoms with E-state index in [1.807, 2.05) is 37.6 Å². The van der Waals surface area contributed by atoms with E-state index in [1.54, 1.807) is 30.0 Å². The third kappa shape index (κ3) is 6.05. The normalized spacial score (nSPS) is 17.6. The lowest BCUT2D eigenvalue weighted by atomic mass is 10.1. The van der Waals surface area contributed by atoms with Crippen molar-refractivity contribution in [3.05, 3.63) is 47.6 Å². The van der Waals surface area contributed by atoms with Gasteiger partial charge in [-0.15, -0.1) is 11.3 Å². The molecule has 4 heterocycles. The minimum absolute atomic E-state index is 0.153. The molecular weight excluding hydrogens is 468 g/mol. The summed E-state index contributed by atoms with van der Waals surface area (Å²) in [7, 11) is 3.32. The molecule has 2 amide bonds. The number of pyridine rings is 1. The number of nitrogens with zero attached hydrogens (tertiary/aromatic N) is 4. The van der Waals surface area contributed by atoms with E-state index in [1.165, 1.54) is 18.4 Å². The average Bonchev–Trinajstić information content (AvgIpc) is 3.51. The van der Waals surface area contributed by atoms with Gasteiger partial charge in [-0.1, -0.05) is 6.07 Å². The maximum absolute atomic E-state index is 13.0. The van der Waals surface area contributed by atoms with Crippen molar-refractivity contribution in [1.82, 2.24) is 19.9 Å². The molecule has 0 aliphatic carbocycles. The highest BCUT2D eigenvalue weighted by Gasteiger charge is 2.28. The quantitative estimate of drug-likeness (QED) is 0.491. The second-order valence-corrected chi connectivity index (χ2v) is 9.35. The highest BCUT2D eigenvalue weighted by molar-refractivity contribution is 7.14. The van der Waals surface area contributed by atoms with Crippen LogP contribution >= 0.6 is 11.3 Å². The number of carbonyl (C=O) groups excluding carboxylic acids is 2. The molecule has 35 heavy (non-hydrogen) atoms. The van der Waals surface area contributed by atoms with Crippen LogP contribution in [0.15, 0.2) is 42.0 Å². The van der Waals surface area contributed by atoms with E-state index in [9.17, 15) is 9.59 Å². The number of aryl methyl sites for hydroxylation is 1. The van der Waals surface area contributed by atoms with Crippen molar-refractivity contribution in [3.63, 3.8) is 0 Å². The average molecular weight is 499 g/mol. The molecule has 0 radical (unpaired) electrons. The van der Waals surface area contributed by atoms with E-state index in [-0.39, 0.29) is 12.0 Å². The number of carbonyl (C=O) groups is 2. The van der Waals surface area contributed by atoms with E-state index in [4.69, 9.17) is 14.5 Å². The van der Waals surface area contributed by atoms with Crippen molar-refractivity contribution in [2.24, 2.45) is 7.05 Å². The van der Waals surface area contributed by atoms with Gasteiger partial charge >= 0.3 is 0 Å². The molecule has 11 heteroatoms. The van der Waals surface area contributed by atoms with Crippen molar-refractivity contribution in [3.8, 4) is 11.4 Å². The van der Waals surface area contributed by atoms with Gasteiger partial charge in [0.05, 0.1) is 30.1 Å². The van der Waals surface area contributed by atoms with Crippen LogP contribution in [0.3, 0.4) is 0 Å². The molecule has 186 valence electrons. The number of nitrogens with one attached hydrogen (secondary N) is 2. The molecule has 1 aliphatic rings. The van der Waals surface area contributed by atoms with Gasteiger partial charge in [-0.25, -0.2) is 9.97 Å². The lowest BCUT2D eigenvalue weighted by Crippen LogP contribution is -2.50. The fourth-order valence-electron chi connectivity index (χ4n) is 3.79. The number of anilines is 2. The van der Waals surface area contributed by atoms with Crippen LogP contribution in [0.25, 0.3) is 11.4 Å². The first-order valence-electron chi connectivity index (χ1n) is 11.4. The van der Waals surface area contributed by atoms with Crippen LogP contribution in [0, 0.1) is 0 Å². The number of ether oxygens (including phenoxy) is 2. The number of amides is 2. The zero-order valence-corrected chi connectivity index (χ0v) is 21.0. The first-order valence-corrected chi connectivity index (χ1v) is 12.3. The Hall–Kier alpha value is -3.28. The second-order valence-electron chi connectivity index (χ2n) is 8.49. The van der Waals surface area contributed by atoms with Gasteiger partial charge in [-0.3, -0.25) is 9.59 Å². The predicted molar refractivity (Wildman–Crippen MR) is 135 cm³/mol. The van der Waals surface area contributed by atoms with Crippen LogP contribution in [-0.4, -0.2) is 71.4 Å². The molecule has 3 atom stereocenters. The van der Waals surface area contributed by atoms with E-state index in [0.717, 1.165) is 24.6 Å². The molecule has 10 nitrogen and oxygen atoms in total. The fraction of sp³-hybridized carbons (Fsp3) is 0.417. The Labute approximate surface area is 208 Å². The third-order valence-corrected chi connectivity index (χ3v) is 6.56. The van der Waals surface area contributed by atoms with Crippen LogP contribution in [-0.2, 0) is 21.3 Å². The Morgan fingerprint density at radius 2 is 2.09 bits per heavy atom. The van der Waals surface area contributed by atoms with E-state index >= 15 is 0 Å². The highest BCUT2D eigenvalue weighted by Crippen LogP contribution is 2.26. The van der Waals surface area contributed by atoms with Crippen LogP contribution in [0.5, 0.6) is 0 Å². The van der Waals surface area contributed by atoms with Crippen molar-refractivity contribution in [1.29, 1.82) is 0 Å². The molecular formula is C24H30N6O4S. The molecule has 0 aromatic carbocycles. The van der Waals surface area contributed by atoms with Crippen molar-refractivity contribution in [2.45, 2.75) is 32.1 Å². The van der Waals surface area contributed by atoms with Crippen molar-refractivity contribution >= 4 is 34.1 Å². The van der Waals surface area contributed by atoms with Gasteiger partial charge in [0.1, 0.15) is 17.6 Å². The van der Waals surface area contributed by atoms with Crippen molar-refractivity contribution in [2.75, 3.05) is 37.0 Å². The largest absolute Gasteiger partial charge is 0.379 e. The number of hydrogen-bond donors (Lipinski definition) is 2. The molecule has 1 fully saturated rings. The standard InChI is InChI=1S/C24H30N6O4S/c1-15-12-30(10-11-34-15)20-7-5-6-18(25-20)19-14-35-24(26-19)28-23(32)21(16(2)33-4)27-22(31)17-8-9-29(3)13-17/h5-9,13-16,21H,10-12H2,1-4H3,(H,27,31)(H,26,28,32)/t15-,16?,21?/m1/s1. The number of hydrogen-bond acceptors (Lipinski definition) is 8. The number of thiazole rings is 1. The number of rotatable bonds is 8. The zero-order chi connectivity index (χ0) is 24.9. The van der Waals surface area contributed by atoms with Crippen LogP contribution in [0.1, 0.15) is 24.2 Å². The van der Waals surface area contributed by atoms with Gasteiger partial charge in [0.2, 0.25) is 0 Å². The summed E-state index contributed by atoms with van der Waals surface area (Å²) in [5, 5.41) is 7.83. The van der Waals surface area contributed by atoms with E-state index < -0.39 is 18.1 Å². The number of aromatic nitrogens is 3. The molecule has 4 rings (SSSR count). The Bertz CT molecular complexity index is 1180. The van der Waals surface area contributed by atoms with Gasteiger partial charge in [0.15, 0.2) is 5.13 Å². The molecule has 0 bridgehead atoms. The van der Waals surface area contributed by atoms with Gasteiger partial charge in [0.25, 0.3) is 11.8 Å². The molecule has 2 N–H and O–H groups in total. The smallest absolute Gasteiger partial charge is 0.253 e. The zero-order valence-electron chi connectivity index (χ0n) is 20.2. The summed E-state index contributed by atoms with van der Waals surface area (Å²) in [5.41, 5.74) is 1.85. The summed E-state index contributed by atoms with van der Waals surface area (Å²) in [6.07, 6.45) is 3.06. The number of morpholine rings is 1. The van der Waals surface area contributed by atoms with Gasteiger partial charge < -0.3 is 29.6 Å². The Balaban J connectivity index is 1.45. The molecule has 0 spiro atoms. The number of methoxy groups -OCH3 is 1. The van der Waals surface area contributed by atoms with Crippen molar-refractivity contribution < 1.29 is 19.1 Å². The second kappa shape index (κ2) is 11.0. The molecule has 0 saturated carbocycles. The van der Waals surface area contributed by atoms with Gasteiger partial charge in [-0.05, 0) is 32.0 Å². The molecule has 2 unspecified atom stereocenters. The Morgan fingerprint density at radius 3 is 2.80 bits per heavy atom. The predicted octanol–water partition coefficient (Wildman–Crippen LogP) is 2.54. The summed E-state index contributed by atoms with van der Waals surface area (Å²) in [6.45, 7) is 6.01. The molecule has 1 aliphatic heterocycles. The molecule has 3 aromatic rings. The van der Waals surface area contributed by atoms with Crippen LogP contribution < -0.4 is 15.5 Å². The minimum Gasteiger partial charge on any atom is -0.379 e. The third-order valence-electron chi connectivity index (χ3n) is 5.80. The fourth-order valence-corrected chi connectivity index (χ4v) is 4.50. The van der Waals surface area contributed by atoms with Gasteiger partial charge in [0, 0.05) is 45.0 Å². The monoisotopic (exact) mass is 498 g/mol. The maximum Gasteiger partial charge on any atom is 0.253 e. The highest BCUT2D eigenvalue weighted by atomic mass is 32.1. The summed E-state index contributed by atoms with van der Waals surface area (Å²) in [6, 6.07) is 6.61. The topological polar surface area (TPSA) is 111 Å². The first-order chi connectivity index (χ1) is 16.8. The Morgan fingerprint density at radius 1 is 1.26 bits per heavy atom. The lowest BCUT2D eigenvalue weighted by Gasteiger charge is -2.32. The first kappa shape index (κ1) is 24.8. The Kier molecular flexibility index (Phi) is 7.79. The summed E-state index contributed by atoms with van der Waals surface area (Å²) in [4.78, 5) is 37.2. The summed E-state index contributed by atoms with van der Waals surface area (Å²) >= 11 is 1.30.